The average molecular weight is 508 g/mol. The number of rotatable bonds is 7. The van der Waals surface area contributed by atoms with Gasteiger partial charge in [0.05, 0.1) is 12.1 Å². The van der Waals surface area contributed by atoms with Gasteiger partial charge in [-0.15, -0.1) is 21.5 Å². The Hall–Kier alpha value is -3.14. The average Bonchev–Trinajstić information content (AvgIpc) is 3.28. The molecule has 2 aromatic heterocycles. The topological polar surface area (TPSA) is 102 Å². The smallest absolute Gasteiger partial charge is 0.308 e. The van der Waals surface area contributed by atoms with Crippen molar-refractivity contribution in [1.29, 1.82) is 0 Å². The molecule has 0 bridgehead atoms. The highest BCUT2D eigenvalue weighted by atomic mass is 32.1. The van der Waals surface area contributed by atoms with E-state index in [4.69, 9.17) is 14.9 Å². The van der Waals surface area contributed by atoms with Gasteiger partial charge in [0.15, 0.2) is 5.82 Å². The van der Waals surface area contributed by atoms with Gasteiger partial charge in [-0.05, 0) is 59.1 Å². The molecule has 0 amide bonds. The molecule has 0 unspecified atom stereocenters. The van der Waals surface area contributed by atoms with Gasteiger partial charge < -0.3 is 9.94 Å². The third-order valence-electron chi connectivity index (χ3n) is 5.94. The fourth-order valence-electron chi connectivity index (χ4n) is 4.19. The van der Waals surface area contributed by atoms with E-state index in [0.29, 0.717) is 12.4 Å². The van der Waals surface area contributed by atoms with E-state index in [1.807, 2.05) is 56.5 Å². The summed E-state index contributed by atoms with van der Waals surface area (Å²) in [4.78, 5) is 19.2. The van der Waals surface area contributed by atoms with Gasteiger partial charge in [-0.25, -0.2) is 5.48 Å². The minimum atomic E-state index is -0.583. The number of hydrogen-bond donors (Lipinski definition) is 2. The second kappa shape index (κ2) is 10.5. The fraction of sp³-hybridized carbons (Fsp3) is 0.407. The van der Waals surface area contributed by atoms with E-state index >= 15 is 0 Å². The first-order valence-corrected chi connectivity index (χ1v) is 12.9. The number of carbonyl (C=O) groups excluding carboxylic acids is 1. The molecule has 2 N–H and O–H groups in total. The first-order chi connectivity index (χ1) is 17.1. The summed E-state index contributed by atoms with van der Waals surface area (Å²) in [6, 6.07) is 7.69. The molecule has 9 heteroatoms. The Morgan fingerprint density at radius 2 is 1.92 bits per heavy atom. The van der Waals surface area contributed by atoms with E-state index < -0.39 is 11.6 Å². The van der Waals surface area contributed by atoms with Crippen LogP contribution >= 0.6 is 11.3 Å². The third kappa shape index (κ3) is 5.48. The molecule has 1 aromatic carbocycles. The van der Waals surface area contributed by atoms with E-state index in [1.165, 1.54) is 4.88 Å². The number of hydrogen-bond acceptors (Lipinski definition) is 8. The number of benzene rings is 1. The van der Waals surface area contributed by atoms with Crippen molar-refractivity contribution in [2.24, 2.45) is 4.99 Å². The summed E-state index contributed by atoms with van der Waals surface area (Å²) < 4.78 is 7.66. The van der Waals surface area contributed by atoms with Gasteiger partial charge in [0.1, 0.15) is 22.5 Å². The van der Waals surface area contributed by atoms with Crippen LogP contribution in [0.1, 0.15) is 78.4 Å². The van der Waals surface area contributed by atoms with Crippen LogP contribution in [0.5, 0.6) is 0 Å². The van der Waals surface area contributed by atoms with Crippen LogP contribution in [0.15, 0.2) is 35.3 Å². The maximum Gasteiger partial charge on any atom is 0.308 e. The van der Waals surface area contributed by atoms with Gasteiger partial charge in [0, 0.05) is 22.5 Å². The van der Waals surface area contributed by atoms with E-state index in [1.54, 1.807) is 11.3 Å². The Morgan fingerprint density at radius 3 is 2.58 bits per heavy atom. The first kappa shape index (κ1) is 25.9. The molecule has 0 aliphatic carbocycles. The fourth-order valence-corrected chi connectivity index (χ4v) is 5.40. The van der Waals surface area contributed by atoms with Crippen LogP contribution in [0.4, 0.5) is 0 Å². The molecule has 3 heterocycles. The number of carbonyl (C=O) groups is 1. The maximum atomic E-state index is 12.8. The third-order valence-corrected chi connectivity index (χ3v) is 7.13. The zero-order valence-corrected chi connectivity index (χ0v) is 22.4. The zero-order chi connectivity index (χ0) is 26.0. The number of nitrogens with zero attached hydrogens (tertiary/aromatic N) is 4. The van der Waals surface area contributed by atoms with Gasteiger partial charge >= 0.3 is 5.97 Å². The zero-order valence-electron chi connectivity index (χ0n) is 21.6. The monoisotopic (exact) mass is 507 g/mol. The van der Waals surface area contributed by atoms with Gasteiger partial charge in [0.2, 0.25) is 0 Å². The number of fused-ring (bicyclic) bond motifs is 3. The van der Waals surface area contributed by atoms with Crippen molar-refractivity contribution < 1.29 is 14.7 Å². The molecule has 1 aliphatic rings. The summed E-state index contributed by atoms with van der Waals surface area (Å²) in [5.41, 5.74) is 6.65. The molecule has 3 aromatic rings. The van der Waals surface area contributed by atoms with Crippen LogP contribution in [-0.2, 0) is 9.53 Å². The van der Waals surface area contributed by atoms with Crippen molar-refractivity contribution in [3.63, 3.8) is 0 Å². The number of aliphatic imine (C=N–C) groups is 1. The number of hydroxylamine groups is 1. The largest absolute Gasteiger partial charge is 0.460 e. The molecule has 36 heavy (non-hydrogen) atoms. The van der Waals surface area contributed by atoms with Crippen LogP contribution in [0.25, 0.3) is 11.1 Å². The molecule has 8 nitrogen and oxygen atoms in total. The van der Waals surface area contributed by atoms with E-state index in [9.17, 15) is 4.79 Å². The van der Waals surface area contributed by atoms with Gasteiger partial charge in [0.25, 0.3) is 0 Å². The van der Waals surface area contributed by atoms with Gasteiger partial charge in [-0.1, -0.05) is 36.4 Å². The molecule has 0 radical (unpaired) electrons. The summed E-state index contributed by atoms with van der Waals surface area (Å²) in [5, 5.41) is 18.5. The lowest BCUT2D eigenvalue weighted by Gasteiger charge is -2.21. The van der Waals surface area contributed by atoms with Crippen LogP contribution in [0, 0.1) is 20.8 Å². The number of thiophene rings is 1. The number of aryl methyl sites for hydroxylation is 2. The van der Waals surface area contributed by atoms with Crippen LogP contribution in [-0.4, -0.2) is 43.8 Å². The molecule has 1 atom stereocenters. The highest BCUT2D eigenvalue weighted by Gasteiger charge is 2.33. The minimum Gasteiger partial charge on any atom is -0.460 e. The normalized spacial score (nSPS) is 15.4. The Morgan fingerprint density at radius 1 is 1.19 bits per heavy atom. The SMILES string of the molecule is Cc1sc2c(c1C)C(c1ccc(C=CCCNO)cc1)=N[C@@H](CC(=O)OC(C)(C)C)c1nnc(C)n1-2. The Bertz CT molecular complexity index is 1310. The molecule has 190 valence electrons. The standard InChI is InChI=1S/C27H33N5O3S/c1-16-17(2)36-26-23(16)24(20-12-10-19(11-13-20)9-7-8-14-28-34)29-21(15-22(33)35-27(4,5)6)25-31-30-18(3)32(25)26/h7,9-13,21,28,34H,8,14-15H2,1-6H3/t21-/m0/s1. The van der Waals surface area contributed by atoms with Crippen LogP contribution in [0.3, 0.4) is 0 Å². The molecule has 4 rings (SSSR count). The van der Waals surface area contributed by atoms with E-state index in [2.05, 4.69) is 41.7 Å². The van der Waals surface area contributed by atoms with Crippen molar-refractivity contribution in [3.8, 4) is 5.00 Å². The highest BCUT2D eigenvalue weighted by Crippen LogP contribution is 2.39. The Kier molecular flexibility index (Phi) is 7.54. The summed E-state index contributed by atoms with van der Waals surface area (Å²) in [5.74, 6) is 1.09. The van der Waals surface area contributed by atoms with Gasteiger partial charge in [-0.3, -0.25) is 14.4 Å². The number of esters is 1. The second-order valence-corrected chi connectivity index (χ2v) is 11.1. The predicted octanol–water partition coefficient (Wildman–Crippen LogP) is 5.26. The lowest BCUT2D eigenvalue weighted by atomic mass is 9.98. The molecular weight excluding hydrogens is 474 g/mol. The summed E-state index contributed by atoms with van der Waals surface area (Å²) >= 11 is 1.69. The summed E-state index contributed by atoms with van der Waals surface area (Å²) in [6.07, 6.45) is 4.84. The molecule has 0 saturated carbocycles. The lowest BCUT2D eigenvalue weighted by molar-refractivity contribution is -0.155. The van der Waals surface area contributed by atoms with Crippen LogP contribution < -0.4 is 5.48 Å². The first-order valence-electron chi connectivity index (χ1n) is 12.0. The van der Waals surface area contributed by atoms with Crippen molar-refractivity contribution in [3.05, 3.63) is 69.1 Å². The highest BCUT2D eigenvalue weighted by molar-refractivity contribution is 7.15. The second-order valence-electron chi connectivity index (χ2n) is 9.91. The molecule has 0 saturated heterocycles. The Labute approximate surface area is 215 Å². The predicted molar refractivity (Wildman–Crippen MR) is 142 cm³/mol. The molecule has 0 spiro atoms. The number of aromatic nitrogens is 3. The van der Waals surface area contributed by atoms with E-state index in [0.717, 1.165) is 45.2 Å². The lowest BCUT2D eigenvalue weighted by Crippen LogP contribution is -2.25. The van der Waals surface area contributed by atoms with Crippen molar-refractivity contribution in [2.75, 3.05) is 6.54 Å². The number of nitrogens with one attached hydrogen (secondary N) is 1. The summed E-state index contributed by atoms with van der Waals surface area (Å²) in [6.45, 7) is 12.2. The van der Waals surface area contributed by atoms with E-state index in [-0.39, 0.29) is 12.4 Å². The van der Waals surface area contributed by atoms with Gasteiger partial charge in [-0.2, -0.15) is 0 Å². The summed E-state index contributed by atoms with van der Waals surface area (Å²) in [7, 11) is 0. The van der Waals surface area contributed by atoms with Crippen LogP contribution in [0.2, 0.25) is 0 Å². The van der Waals surface area contributed by atoms with Crippen molar-refractivity contribution in [1.82, 2.24) is 20.2 Å². The maximum absolute atomic E-state index is 12.8. The molecule has 1 aliphatic heterocycles. The Balaban J connectivity index is 1.80. The molecular formula is C27H33N5O3S. The quantitative estimate of drug-likeness (QED) is 0.257. The van der Waals surface area contributed by atoms with Crippen molar-refractivity contribution >= 4 is 29.1 Å². The van der Waals surface area contributed by atoms with Crippen molar-refractivity contribution in [2.45, 2.75) is 66.0 Å². The molecule has 0 fully saturated rings. The minimum absolute atomic E-state index is 0.0750. The number of ether oxygens (including phenoxy) is 1.